The molecule has 0 bridgehead atoms. The van der Waals surface area contributed by atoms with Crippen LogP contribution in [-0.2, 0) is 16.1 Å². The predicted molar refractivity (Wildman–Crippen MR) is 99.9 cm³/mol. The molecule has 2 rings (SSSR count). The van der Waals surface area contributed by atoms with Crippen LogP contribution in [-0.4, -0.2) is 24.5 Å². The van der Waals surface area contributed by atoms with Crippen LogP contribution in [0.3, 0.4) is 0 Å². The number of hydrogen-bond acceptors (Lipinski definition) is 4. The molecule has 0 saturated carbocycles. The quantitative estimate of drug-likeness (QED) is 0.735. The van der Waals surface area contributed by atoms with Crippen LogP contribution < -0.4 is 10.1 Å². The van der Waals surface area contributed by atoms with Crippen LogP contribution in [0.4, 0.5) is 0 Å². The van der Waals surface area contributed by atoms with Gasteiger partial charge in [0.25, 0.3) is 5.91 Å². The minimum Gasteiger partial charge on any atom is -0.489 e. The Labute approximate surface area is 154 Å². The Hall–Kier alpha value is -2.82. The summed E-state index contributed by atoms with van der Waals surface area (Å²) in [6.07, 6.45) is -0.857. The second-order valence-corrected chi connectivity index (χ2v) is 6.45. The van der Waals surface area contributed by atoms with Gasteiger partial charge in [0.05, 0.1) is 5.56 Å². The monoisotopic (exact) mass is 355 g/mol. The first-order chi connectivity index (χ1) is 12.5. The average molecular weight is 355 g/mol. The molecule has 0 aliphatic heterocycles. The number of amides is 1. The number of carbonyl (C=O) groups is 2. The van der Waals surface area contributed by atoms with Gasteiger partial charge in [-0.3, -0.25) is 4.79 Å². The van der Waals surface area contributed by atoms with E-state index < -0.39 is 12.1 Å². The second kappa shape index (κ2) is 9.61. The highest BCUT2D eigenvalue weighted by Gasteiger charge is 2.20. The molecule has 1 N–H and O–H groups in total. The number of hydrogen-bond donors (Lipinski definition) is 1. The molecule has 1 atom stereocenters. The number of para-hydroxylation sites is 1. The van der Waals surface area contributed by atoms with Crippen LogP contribution in [0.15, 0.2) is 54.6 Å². The van der Waals surface area contributed by atoms with Crippen molar-refractivity contribution >= 4 is 11.9 Å². The van der Waals surface area contributed by atoms with Gasteiger partial charge in [-0.2, -0.15) is 0 Å². The zero-order valence-electron chi connectivity index (χ0n) is 15.4. The molecule has 0 saturated heterocycles. The Balaban J connectivity index is 1.99. The number of esters is 1. The van der Waals surface area contributed by atoms with Crippen molar-refractivity contribution in [3.8, 4) is 5.75 Å². The number of benzene rings is 2. The molecule has 0 unspecified atom stereocenters. The summed E-state index contributed by atoms with van der Waals surface area (Å²) in [5.41, 5.74) is 1.10. The Kier molecular flexibility index (Phi) is 7.21. The maximum atomic E-state index is 12.5. The molecule has 5 heteroatoms. The molecule has 0 heterocycles. The normalized spacial score (nSPS) is 11.7. The lowest BCUT2D eigenvalue weighted by Crippen LogP contribution is -2.37. The van der Waals surface area contributed by atoms with E-state index in [-0.39, 0.29) is 12.5 Å². The molecule has 2 aromatic rings. The molecular weight excluding hydrogens is 330 g/mol. The van der Waals surface area contributed by atoms with Crippen LogP contribution in [0.1, 0.15) is 36.7 Å². The topological polar surface area (TPSA) is 64.6 Å². The van der Waals surface area contributed by atoms with E-state index in [0.717, 1.165) is 5.75 Å². The highest BCUT2D eigenvalue weighted by molar-refractivity contribution is 5.93. The minimum atomic E-state index is -0.857. The molecule has 0 spiro atoms. The standard InChI is InChI=1S/C21H25NO4/c1-15(2)13-22-20(23)16(3)26-21(24)19-12-8-7-9-17(19)14-25-18-10-5-4-6-11-18/h4-12,15-16H,13-14H2,1-3H3,(H,22,23)/t16-/m0/s1. The molecule has 26 heavy (non-hydrogen) atoms. The highest BCUT2D eigenvalue weighted by Crippen LogP contribution is 2.16. The van der Waals surface area contributed by atoms with E-state index in [9.17, 15) is 9.59 Å². The maximum absolute atomic E-state index is 12.5. The lowest BCUT2D eigenvalue weighted by Gasteiger charge is -2.16. The summed E-state index contributed by atoms with van der Waals surface area (Å²) < 4.78 is 11.0. The van der Waals surface area contributed by atoms with E-state index in [1.165, 1.54) is 0 Å². The molecule has 138 valence electrons. The first-order valence-electron chi connectivity index (χ1n) is 8.71. The van der Waals surface area contributed by atoms with Gasteiger partial charge in [-0.1, -0.05) is 50.2 Å². The van der Waals surface area contributed by atoms with Gasteiger partial charge >= 0.3 is 5.97 Å². The second-order valence-electron chi connectivity index (χ2n) is 6.45. The lowest BCUT2D eigenvalue weighted by molar-refractivity contribution is -0.129. The van der Waals surface area contributed by atoms with Crippen LogP contribution in [0.2, 0.25) is 0 Å². The summed E-state index contributed by atoms with van der Waals surface area (Å²) in [6, 6.07) is 16.4. The number of nitrogens with one attached hydrogen (secondary N) is 1. The van der Waals surface area contributed by atoms with Crippen molar-refractivity contribution in [2.75, 3.05) is 6.54 Å². The van der Waals surface area contributed by atoms with Crippen LogP contribution in [0.25, 0.3) is 0 Å². The summed E-state index contributed by atoms with van der Waals surface area (Å²) in [7, 11) is 0. The summed E-state index contributed by atoms with van der Waals surface area (Å²) in [5, 5.41) is 2.76. The molecule has 1 amide bonds. The van der Waals surface area contributed by atoms with Crippen molar-refractivity contribution in [1.29, 1.82) is 0 Å². The maximum Gasteiger partial charge on any atom is 0.339 e. The zero-order valence-corrected chi connectivity index (χ0v) is 15.4. The fourth-order valence-corrected chi connectivity index (χ4v) is 2.25. The number of ether oxygens (including phenoxy) is 2. The zero-order chi connectivity index (χ0) is 18.9. The smallest absolute Gasteiger partial charge is 0.339 e. The van der Waals surface area contributed by atoms with E-state index in [1.807, 2.05) is 56.3 Å². The van der Waals surface area contributed by atoms with E-state index in [4.69, 9.17) is 9.47 Å². The first-order valence-corrected chi connectivity index (χ1v) is 8.71. The third-order valence-corrected chi connectivity index (χ3v) is 3.71. The van der Waals surface area contributed by atoms with Crippen molar-refractivity contribution in [1.82, 2.24) is 5.32 Å². The summed E-state index contributed by atoms with van der Waals surface area (Å²) >= 11 is 0. The Morgan fingerprint density at radius 1 is 0.962 bits per heavy atom. The fraction of sp³-hybridized carbons (Fsp3) is 0.333. The molecule has 0 fully saturated rings. The van der Waals surface area contributed by atoms with Gasteiger partial charge in [-0.05, 0) is 31.0 Å². The Morgan fingerprint density at radius 3 is 2.31 bits per heavy atom. The molecule has 0 radical (unpaired) electrons. The van der Waals surface area contributed by atoms with Crippen molar-refractivity contribution in [3.63, 3.8) is 0 Å². The van der Waals surface area contributed by atoms with E-state index >= 15 is 0 Å². The molecule has 5 nitrogen and oxygen atoms in total. The fourth-order valence-electron chi connectivity index (χ4n) is 2.25. The Bertz CT molecular complexity index is 728. The highest BCUT2D eigenvalue weighted by atomic mass is 16.5. The van der Waals surface area contributed by atoms with Crippen molar-refractivity contribution < 1.29 is 19.1 Å². The largest absolute Gasteiger partial charge is 0.489 e. The Morgan fingerprint density at radius 2 is 1.62 bits per heavy atom. The van der Waals surface area contributed by atoms with Crippen LogP contribution in [0, 0.1) is 5.92 Å². The SMILES string of the molecule is CC(C)CNC(=O)[C@H](C)OC(=O)c1ccccc1COc1ccccc1. The predicted octanol–water partition coefficient (Wildman–Crippen LogP) is 3.58. The van der Waals surface area contributed by atoms with Gasteiger partial charge < -0.3 is 14.8 Å². The van der Waals surface area contributed by atoms with E-state index in [2.05, 4.69) is 5.32 Å². The third-order valence-electron chi connectivity index (χ3n) is 3.71. The van der Waals surface area contributed by atoms with Gasteiger partial charge in [-0.25, -0.2) is 4.79 Å². The molecule has 0 aromatic heterocycles. The van der Waals surface area contributed by atoms with Gasteiger partial charge in [0.1, 0.15) is 12.4 Å². The van der Waals surface area contributed by atoms with E-state index in [0.29, 0.717) is 23.6 Å². The van der Waals surface area contributed by atoms with Gasteiger partial charge in [0.2, 0.25) is 0 Å². The summed E-state index contributed by atoms with van der Waals surface area (Å²) in [6.45, 7) is 6.35. The molecule has 0 aliphatic carbocycles. The number of carbonyl (C=O) groups excluding carboxylic acids is 2. The number of rotatable bonds is 8. The third kappa shape index (κ3) is 5.92. The minimum absolute atomic E-state index is 0.239. The van der Waals surface area contributed by atoms with Crippen LogP contribution in [0.5, 0.6) is 5.75 Å². The van der Waals surface area contributed by atoms with Crippen molar-refractivity contribution in [3.05, 3.63) is 65.7 Å². The van der Waals surface area contributed by atoms with Gasteiger partial charge in [0, 0.05) is 12.1 Å². The van der Waals surface area contributed by atoms with Crippen molar-refractivity contribution in [2.24, 2.45) is 5.92 Å². The van der Waals surface area contributed by atoms with Gasteiger partial charge in [-0.15, -0.1) is 0 Å². The van der Waals surface area contributed by atoms with Crippen LogP contribution >= 0.6 is 0 Å². The summed E-state index contributed by atoms with van der Waals surface area (Å²) in [4.78, 5) is 24.5. The lowest BCUT2D eigenvalue weighted by atomic mass is 10.1. The van der Waals surface area contributed by atoms with Gasteiger partial charge in [0.15, 0.2) is 6.10 Å². The van der Waals surface area contributed by atoms with Crippen molar-refractivity contribution in [2.45, 2.75) is 33.5 Å². The first kappa shape index (κ1) is 19.5. The molecule has 0 aliphatic rings. The molecule has 2 aromatic carbocycles. The average Bonchev–Trinajstić information content (AvgIpc) is 2.65. The molecular formula is C21H25NO4. The van der Waals surface area contributed by atoms with E-state index in [1.54, 1.807) is 19.1 Å². The summed E-state index contributed by atoms with van der Waals surface area (Å²) in [5.74, 6) is 0.212.